The Morgan fingerprint density at radius 3 is 1.09 bits per heavy atom. The van der Waals surface area contributed by atoms with E-state index in [4.69, 9.17) is 63.8 Å². The van der Waals surface area contributed by atoms with Crippen molar-refractivity contribution in [3.63, 3.8) is 0 Å². The van der Waals surface area contributed by atoms with Crippen LogP contribution in [-0.4, -0.2) is 215 Å². The third-order valence-corrected chi connectivity index (χ3v) is 21.6. The molecule has 139 heavy (non-hydrogen) atoms. The summed E-state index contributed by atoms with van der Waals surface area (Å²) in [5, 5.41) is 42.1. The molecule has 16 rings (SSSR count). The van der Waals surface area contributed by atoms with Crippen LogP contribution in [0.4, 0.5) is 83.5 Å². The average molecular weight is 1940 g/mol. The Balaban J connectivity index is 0.000000179. The molecular formula is C95H111Cl2F2N29O11+4. The number of carbonyl (C=O) groups excluding carboxylic acids is 1. The molecule has 0 fully saturated rings. The summed E-state index contributed by atoms with van der Waals surface area (Å²) in [7, 11) is 21.9. The monoisotopic (exact) mass is 1940 g/mol. The molecule has 40 nitrogen and oxygen atoms in total. The lowest BCUT2D eigenvalue weighted by molar-refractivity contribution is -0.558. The van der Waals surface area contributed by atoms with Crippen LogP contribution >= 0.6 is 23.2 Å². The van der Waals surface area contributed by atoms with Crippen LogP contribution < -0.4 is 74.4 Å². The fourth-order valence-corrected chi connectivity index (χ4v) is 14.3. The number of anilines is 10. The average Bonchev–Trinajstić information content (AvgIpc) is 1.29. The lowest BCUT2D eigenvalue weighted by Crippen LogP contribution is -2.43. The van der Waals surface area contributed by atoms with Crippen molar-refractivity contribution in [1.29, 1.82) is 0 Å². The number of allylic oxidation sites excluding steroid dienone is 1. The van der Waals surface area contributed by atoms with Crippen molar-refractivity contribution in [2.24, 2.45) is 20.0 Å². The number of nitrogens with two attached hydrogens (primary N) is 2. The van der Waals surface area contributed by atoms with Gasteiger partial charge in [-0.05, 0) is 191 Å². The van der Waals surface area contributed by atoms with Crippen molar-refractivity contribution in [2.45, 2.75) is 71.6 Å². The molecule has 0 bridgehead atoms. The van der Waals surface area contributed by atoms with E-state index >= 15 is 0 Å². The number of hydrogen-bond acceptors (Lipinski definition) is 33. The Labute approximate surface area is 812 Å². The van der Waals surface area contributed by atoms with Crippen LogP contribution in [0.25, 0.3) is 0 Å². The Morgan fingerprint density at radius 1 is 0.446 bits per heavy atom. The number of nitro groups is 3. The molecule has 0 saturated carbocycles. The van der Waals surface area contributed by atoms with Gasteiger partial charge in [-0.1, -0.05) is 64.2 Å². The van der Waals surface area contributed by atoms with Crippen LogP contribution in [0.15, 0.2) is 228 Å². The summed E-state index contributed by atoms with van der Waals surface area (Å²) in [6.07, 6.45) is 18.0. The minimum absolute atomic E-state index is 0.0114. The van der Waals surface area contributed by atoms with Gasteiger partial charge in [-0.3, -0.25) is 35.1 Å². The van der Waals surface area contributed by atoms with E-state index in [1.807, 2.05) is 189 Å². The first kappa shape index (κ1) is 105. The van der Waals surface area contributed by atoms with Crippen molar-refractivity contribution in [3.05, 3.63) is 301 Å². The van der Waals surface area contributed by atoms with E-state index in [1.165, 1.54) is 46.8 Å². The number of methoxy groups -OCH3 is 4. The normalized spacial score (nSPS) is 14.1. The van der Waals surface area contributed by atoms with Crippen LogP contribution in [0.1, 0.15) is 117 Å². The molecular weight excluding hydrogens is 1830 g/mol. The van der Waals surface area contributed by atoms with Crippen LogP contribution in [-0.2, 0) is 4.79 Å². The van der Waals surface area contributed by atoms with Gasteiger partial charge in [0, 0.05) is 108 Å². The van der Waals surface area contributed by atoms with Gasteiger partial charge in [0.05, 0.1) is 102 Å². The highest BCUT2D eigenvalue weighted by Gasteiger charge is 2.38. The largest absolute Gasteiger partial charge is 0.494 e. The number of nitro benzene ring substituents is 3. The van der Waals surface area contributed by atoms with E-state index in [0.717, 1.165) is 107 Å². The van der Waals surface area contributed by atoms with Crippen LogP contribution in [0, 0.1) is 42.0 Å². The molecule has 4 unspecified atom stereocenters. The van der Waals surface area contributed by atoms with Crippen LogP contribution in [0.3, 0.4) is 0 Å². The quantitative estimate of drug-likeness (QED) is 0.00553. The highest BCUT2D eigenvalue weighted by atomic mass is 35.5. The van der Waals surface area contributed by atoms with Crippen LogP contribution in [0.2, 0.25) is 5.28 Å². The number of pyridine rings is 4. The second kappa shape index (κ2) is 49.6. The summed E-state index contributed by atoms with van der Waals surface area (Å²) in [6.45, 7) is 17.8. The molecule has 12 heterocycles. The van der Waals surface area contributed by atoms with E-state index in [0.29, 0.717) is 64.0 Å². The maximum Gasteiger partial charge on any atom is 0.349 e. The van der Waals surface area contributed by atoms with E-state index < -0.39 is 43.0 Å². The van der Waals surface area contributed by atoms with E-state index in [9.17, 15) is 43.9 Å². The molecule has 4 atom stereocenters. The van der Waals surface area contributed by atoms with Crippen molar-refractivity contribution in [2.75, 3.05) is 155 Å². The predicted octanol–water partition coefficient (Wildman–Crippen LogP) is 13.6. The van der Waals surface area contributed by atoms with Crippen molar-refractivity contribution in [3.8, 4) is 23.0 Å². The molecule has 726 valence electrons. The standard InChI is InChI=1S/C24H29N8O3.C24H31N8O.C19H16FN6O3.C12H10ClN4.C7H7FN2O3.C6H15N.C3H3ClO/c1-16-19-8-6-7-11-31(19)23(26-16)17-9-10-25-24(27-17)28-18-14-21(32(33)34)20(15-22(18)35-5)30(4)13-12-29(2)3;1-16-20-8-6-7-11-32(20)23(27-16)18-9-10-26-24(28-18)29-19-14-17(25)21(15-22(19)33-5)31(4)13-12-30(2)3;1-11-15-5-3-4-8-25(15)18(22-11)13-6-7-21-19(23-13)24-14-10-16(26(27)28)12(20)9-17(14)29-2;1-8-10-4-2-3-7-17(10)11(15-8)9-5-6-14-12(13)16-9;1-13-7-2-4(8)6(10(11)12)3-5(7)9;1-4-5-6-7(2)3;1-2-3(4)5/h6-11,14-16H,12-13H2,1-5H3,(H,25,27,28);6-11,14-16H,12-13,25H2,1-5H3,(H,26,28,29);3-11H,1-2H3,(H,21,23,24);2-8H,1H3;2-3H,9H2,1H3;4-6H2,1-3H3;2H,1H2/q4*+1;;;. The fourth-order valence-electron chi connectivity index (χ4n) is 14.1. The van der Waals surface area contributed by atoms with Gasteiger partial charge in [0.1, 0.15) is 28.7 Å². The molecule has 0 saturated heterocycles. The second-order valence-corrected chi connectivity index (χ2v) is 32.7. The molecule has 4 aromatic carbocycles. The van der Waals surface area contributed by atoms with Gasteiger partial charge in [-0.25, -0.2) is 39.9 Å². The molecule has 0 spiro atoms. The summed E-state index contributed by atoms with van der Waals surface area (Å²) >= 11 is 10.5. The zero-order valence-electron chi connectivity index (χ0n) is 79.9. The number of nitrogens with one attached hydrogen (secondary N) is 3. The minimum Gasteiger partial charge on any atom is -0.494 e. The summed E-state index contributed by atoms with van der Waals surface area (Å²) in [4.78, 5) is 104. The van der Waals surface area contributed by atoms with Crippen molar-refractivity contribution < 1.29 is 65.6 Å². The summed E-state index contributed by atoms with van der Waals surface area (Å²) in [5.41, 5.74) is 20.8. The topological polar surface area (TPSA) is 456 Å². The number of rotatable bonds is 29. The molecule has 0 radical (unpaired) electrons. The molecule has 4 aliphatic rings. The number of halogens is 4. The summed E-state index contributed by atoms with van der Waals surface area (Å²) in [6, 6.07) is 42.0. The number of ether oxygens (including phenoxy) is 4. The zero-order valence-corrected chi connectivity index (χ0v) is 81.4. The number of unbranched alkanes of at least 4 members (excludes halogenated alkanes) is 1. The van der Waals surface area contributed by atoms with Crippen LogP contribution in [0.5, 0.6) is 23.0 Å². The minimum atomic E-state index is -0.991. The predicted molar refractivity (Wildman–Crippen MR) is 530 cm³/mol. The number of nitrogens with zero attached hydrogens (tertiary/aromatic N) is 24. The number of nitrogen functional groups attached to an aromatic ring is 2. The smallest absolute Gasteiger partial charge is 0.349 e. The second-order valence-electron chi connectivity index (χ2n) is 32.0. The molecule has 44 heteroatoms. The maximum atomic E-state index is 13.9. The highest BCUT2D eigenvalue weighted by molar-refractivity contribution is 6.66. The van der Waals surface area contributed by atoms with E-state index in [-0.39, 0.29) is 69.9 Å². The van der Waals surface area contributed by atoms with Gasteiger partial charge in [0.25, 0.3) is 5.69 Å². The zero-order chi connectivity index (χ0) is 101. The highest BCUT2D eigenvalue weighted by Crippen LogP contribution is 2.41. The summed E-state index contributed by atoms with van der Waals surface area (Å²) < 4.78 is 55.8. The third-order valence-electron chi connectivity index (χ3n) is 21.2. The lowest BCUT2D eigenvalue weighted by Gasteiger charge is -2.24. The lowest BCUT2D eigenvalue weighted by atomic mass is 10.2. The van der Waals surface area contributed by atoms with Crippen molar-refractivity contribution >= 4 is 127 Å². The number of benzene rings is 4. The molecule has 4 aliphatic heterocycles. The summed E-state index contributed by atoms with van der Waals surface area (Å²) in [5.74, 6) is 3.22. The third kappa shape index (κ3) is 27.8. The van der Waals surface area contributed by atoms with Gasteiger partial charge < -0.3 is 70.9 Å². The Hall–Kier alpha value is -15.8. The number of carbonyl (C=O) groups is 1. The maximum absolute atomic E-state index is 13.9. The first-order valence-electron chi connectivity index (χ1n) is 43.5. The molecule has 0 amide bonds. The number of likely N-dealkylation sites (N-methyl/N-ethyl adjacent to an activating group) is 4. The fraction of sp³-hybridized carbons (Fsp3) is 0.295. The SMILES string of the molecule is C=CC(=O)Cl.CC1N=C(c2ccnc(Cl)n2)[n+]2ccccc21.CCCCN(C)C.COc1cc(F)c([N+](=O)[O-])cc1N.COc1cc(F)c([N+](=O)[O-])cc1Nc1nccc(C2=NC(C)c3cccc[n+]32)n1.COc1cc(N(C)CCN(C)C)c(N)cc1Nc1nccc(C2=NC(C)c3cccc[n+]32)n1.COc1cc(N(C)CCN(C)C)c([N+](=O)[O-])cc1Nc1nccc(C2=NC(C)c3cccc[n+]32)n1. The molecule has 12 aromatic rings. The van der Waals surface area contributed by atoms with Gasteiger partial charge >= 0.3 is 34.7 Å². The molecule has 8 aromatic heterocycles. The number of aromatic nitrogens is 12. The number of fused-ring (bicyclic) bond motifs is 4. The van der Waals surface area contributed by atoms with E-state index in [1.54, 1.807) is 50.1 Å². The first-order valence-corrected chi connectivity index (χ1v) is 44.2. The molecule has 0 aliphatic carbocycles. The number of aliphatic imine (C=N–C) groups is 4. The van der Waals surface area contributed by atoms with Crippen molar-refractivity contribution in [1.82, 2.24) is 54.6 Å². The Bertz CT molecular complexity index is 6540. The van der Waals surface area contributed by atoms with Gasteiger partial charge in [-0.2, -0.15) is 27.0 Å². The Morgan fingerprint density at radius 2 is 0.763 bits per heavy atom. The molecule has 7 N–H and O–H groups in total. The first-order chi connectivity index (χ1) is 66.5. The van der Waals surface area contributed by atoms with E-state index in [2.05, 4.69) is 138 Å². The Kier molecular flexibility index (Phi) is 37.6. The van der Waals surface area contributed by atoms with Gasteiger partial charge in [-0.15, -0.1) is 0 Å². The number of hydrogen-bond donors (Lipinski definition) is 5. The van der Waals surface area contributed by atoms with Gasteiger partial charge in [0.2, 0.25) is 40.0 Å². The van der Waals surface area contributed by atoms with Gasteiger partial charge in [0.15, 0.2) is 69.7 Å².